The van der Waals surface area contributed by atoms with Crippen molar-refractivity contribution in [2.45, 2.75) is 24.9 Å². The Morgan fingerprint density at radius 1 is 1.28 bits per heavy atom. The molecule has 7 nitrogen and oxygen atoms in total. The lowest BCUT2D eigenvalue weighted by molar-refractivity contribution is -0.123. The first-order valence-corrected chi connectivity index (χ1v) is 10.1. The molecule has 32 heavy (non-hydrogen) atoms. The first-order valence-electron chi connectivity index (χ1n) is 9.74. The quantitative estimate of drug-likeness (QED) is 0.591. The lowest BCUT2D eigenvalue weighted by Gasteiger charge is -2.35. The van der Waals surface area contributed by atoms with Gasteiger partial charge >= 0.3 is 0 Å². The van der Waals surface area contributed by atoms with Crippen molar-refractivity contribution in [3.05, 3.63) is 99.6 Å². The van der Waals surface area contributed by atoms with Crippen LogP contribution in [-0.4, -0.2) is 26.7 Å². The van der Waals surface area contributed by atoms with Crippen LogP contribution < -0.4 is 5.73 Å². The van der Waals surface area contributed by atoms with Crippen molar-refractivity contribution in [3.8, 4) is 0 Å². The predicted octanol–water partition coefficient (Wildman–Crippen LogP) is 4.18. The summed E-state index contributed by atoms with van der Waals surface area (Å²) in [7, 11) is 0. The Bertz CT molecular complexity index is 1240. The lowest BCUT2D eigenvalue weighted by atomic mass is 10.0. The number of hydrogen-bond donors (Lipinski definition) is 1. The van der Waals surface area contributed by atoms with Crippen LogP contribution in [0.25, 0.3) is 4.85 Å². The predicted molar refractivity (Wildman–Crippen MR) is 115 cm³/mol. The third-order valence-electron chi connectivity index (χ3n) is 5.42. The maximum atomic E-state index is 14.6. The van der Waals surface area contributed by atoms with Gasteiger partial charge in [-0.3, -0.25) is 19.6 Å². The van der Waals surface area contributed by atoms with Crippen molar-refractivity contribution in [1.82, 2.24) is 14.9 Å². The summed E-state index contributed by atoms with van der Waals surface area (Å²) in [6.45, 7) is 7.24. The highest BCUT2D eigenvalue weighted by Crippen LogP contribution is 2.43. The van der Waals surface area contributed by atoms with E-state index in [0.717, 1.165) is 0 Å². The summed E-state index contributed by atoms with van der Waals surface area (Å²) < 4.78 is 14.6. The SMILES string of the molecule is [C-]#[N+]c1cccc(C(=O)N([C@@H]2CCc3c(F)cc(Cl)cc32)[C@@H](C(N)=O)c2cnccn2)c1. The highest BCUT2D eigenvalue weighted by Gasteiger charge is 2.41. The van der Waals surface area contributed by atoms with E-state index in [1.807, 2.05) is 0 Å². The minimum Gasteiger partial charge on any atom is -0.368 e. The van der Waals surface area contributed by atoms with Crippen molar-refractivity contribution in [1.29, 1.82) is 0 Å². The topological polar surface area (TPSA) is 93.5 Å². The number of benzene rings is 2. The van der Waals surface area contributed by atoms with Crippen LogP contribution in [0.1, 0.15) is 45.7 Å². The fraction of sp³-hybridized carbons (Fsp3) is 0.174. The molecule has 2 amide bonds. The van der Waals surface area contributed by atoms with Crippen LogP contribution >= 0.6 is 11.6 Å². The lowest BCUT2D eigenvalue weighted by Crippen LogP contribution is -2.44. The van der Waals surface area contributed by atoms with Gasteiger partial charge in [-0.15, -0.1) is 0 Å². The van der Waals surface area contributed by atoms with Crippen LogP contribution in [-0.2, 0) is 11.2 Å². The Morgan fingerprint density at radius 3 is 2.78 bits per heavy atom. The van der Waals surface area contributed by atoms with Crippen molar-refractivity contribution < 1.29 is 14.0 Å². The van der Waals surface area contributed by atoms with E-state index in [4.69, 9.17) is 23.9 Å². The molecule has 0 saturated carbocycles. The number of aromatic nitrogens is 2. The zero-order valence-corrected chi connectivity index (χ0v) is 17.5. The fourth-order valence-electron chi connectivity index (χ4n) is 4.08. The number of amides is 2. The second kappa shape index (κ2) is 8.73. The van der Waals surface area contributed by atoms with Gasteiger partial charge in [-0.05, 0) is 42.2 Å². The van der Waals surface area contributed by atoms with Crippen LogP contribution in [0.3, 0.4) is 0 Å². The van der Waals surface area contributed by atoms with Gasteiger partial charge < -0.3 is 10.6 Å². The maximum Gasteiger partial charge on any atom is 0.254 e. The van der Waals surface area contributed by atoms with E-state index in [1.165, 1.54) is 35.6 Å². The summed E-state index contributed by atoms with van der Waals surface area (Å²) in [6, 6.07) is 7.03. The summed E-state index contributed by atoms with van der Waals surface area (Å²) in [5.74, 6) is -1.81. The average molecular weight is 450 g/mol. The number of carbonyl (C=O) groups is 2. The third kappa shape index (κ3) is 3.90. The van der Waals surface area contributed by atoms with E-state index in [9.17, 15) is 14.0 Å². The molecular weight excluding hydrogens is 433 g/mol. The molecule has 0 bridgehead atoms. The van der Waals surface area contributed by atoms with Crippen molar-refractivity contribution in [2.24, 2.45) is 5.73 Å². The van der Waals surface area contributed by atoms with Gasteiger partial charge in [0.1, 0.15) is 5.82 Å². The maximum absolute atomic E-state index is 14.6. The van der Waals surface area contributed by atoms with Crippen LogP contribution in [0.4, 0.5) is 10.1 Å². The molecule has 1 aliphatic rings. The molecule has 0 fully saturated rings. The highest BCUT2D eigenvalue weighted by molar-refractivity contribution is 6.30. The second-order valence-electron chi connectivity index (χ2n) is 7.32. The molecule has 1 heterocycles. The second-order valence-corrected chi connectivity index (χ2v) is 7.76. The molecule has 4 rings (SSSR count). The molecule has 3 aromatic rings. The molecule has 0 radical (unpaired) electrons. The minimum atomic E-state index is -1.26. The Morgan fingerprint density at radius 2 is 2.09 bits per heavy atom. The van der Waals surface area contributed by atoms with Crippen molar-refractivity contribution in [3.63, 3.8) is 0 Å². The van der Waals surface area contributed by atoms with E-state index in [-0.39, 0.29) is 22.0 Å². The van der Waals surface area contributed by atoms with E-state index >= 15 is 0 Å². The van der Waals surface area contributed by atoms with Gasteiger partial charge in [0, 0.05) is 23.0 Å². The number of halogens is 2. The molecule has 9 heteroatoms. The largest absolute Gasteiger partial charge is 0.368 e. The normalized spacial score (nSPS) is 15.5. The van der Waals surface area contributed by atoms with Gasteiger partial charge in [0.2, 0.25) is 5.91 Å². The molecule has 0 aliphatic heterocycles. The molecule has 2 atom stereocenters. The molecule has 0 spiro atoms. The molecule has 0 saturated heterocycles. The Labute approximate surface area is 188 Å². The highest BCUT2D eigenvalue weighted by atomic mass is 35.5. The van der Waals surface area contributed by atoms with Gasteiger partial charge in [-0.25, -0.2) is 9.24 Å². The molecule has 160 valence electrons. The smallest absolute Gasteiger partial charge is 0.254 e. The first-order chi connectivity index (χ1) is 15.4. The van der Waals surface area contributed by atoms with Crippen LogP contribution in [0, 0.1) is 12.4 Å². The van der Waals surface area contributed by atoms with E-state index in [0.29, 0.717) is 24.0 Å². The summed E-state index contributed by atoms with van der Waals surface area (Å²) >= 11 is 6.10. The molecule has 1 aromatic heterocycles. The average Bonchev–Trinajstić information content (AvgIpc) is 3.21. The number of nitrogens with zero attached hydrogens (tertiary/aromatic N) is 4. The molecule has 1 aliphatic carbocycles. The van der Waals surface area contributed by atoms with Crippen LogP contribution in [0.5, 0.6) is 0 Å². The van der Waals surface area contributed by atoms with Gasteiger partial charge in [0.15, 0.2) is 11.7 Å². The van der Waals surface area contributed by atoms with E-state index in [1.54, 1.807) is 24.3 Å². The molecule has 2 aromatic carbocycles. The van der Waals surface area contributed by atoms with Crippen molar-refractivity contribution in [2.75, 3.05) is 0 Å². The standard InChI is InChI=1S/C23H17ClFN5O2/c1-27-15-4-2-3-13(9-15)23(32)30(21(22(26)31)19-12-28-7-8-29-19)20-6-5-16-17(20)10-14(24)11-18(16)25/h2-4,7-12,20-21H,5-6H2,(H2,26,31)/t20-,21-/m1/s1. The van der Waals surface area contributed by atoms with Crippen LogP contribution in [0.15, 0.2) is 55.0 Å². The Hall–Kier alpha value is -3.83. The molecule has 2 N–H and O–H groups in total. The summed E-state index contributed by atoms with van der Waals surface area (Å²) in [5, 5.41) is 0.186. The summed E-state index contributed by atoms with van der Waals surface area (Å²) in [4.78, 5) is 39.2. The molecular formula is C23H17ClFN5O2. The molecule has 0 unspecified atom stereocenters. The number of nitrogens with two attached hydrogens (primary N) is 1. The Kier molecular flexibility index (Phi) is 5.84. The number of primary amides is 1. The van der Waals surface area contributed by atoms with Gasteiger partial charge in [-0.2, -0.15) is 0 Å². The minimum absolute atomic E-state index is 0.186. The van der Waals surface area contributed by atoms with Gasteiger partial charge in [0.05, 0.1) is 24.5 Å². The van der Waals surface area contributed by atoms with E-state index in [2.05, 4.69) is 14.8 Å². The third-order valence-corrected chi connectivity index (χ3v) is 5.64. The number of carbonyl (C=O) groups excluding carboxylic acids is 2. The van der Waals surface area contributed by atoms with Gasteiger partial charge in [-0.1, -0.05) is 29.8 Å². The zero-order chi connectivity index (χ0) is 22.8. The fourth-order valence-corrected chi connectivity index (χ4v) is 4.30. The number of fused-ring (bicyclic) bond motifs is 1. The number of rotatable bonds is 5. The monoisotopic (exact) mass is 449 g/mol. The summed E-state index contributed by atoms with van der Waals surface area (Å²) in [6.07, 6.45) is 4.92. The summed E-state index contributed by atoms with van der Waals surface area (Å²) in [5.41, 5.74) is 7.35. The van der Waals surface area contributed by atoms with Crippen molar-refractivity contribution >= 4 is 29.1 Å². The van der Waals surface area contributed by atoms with Crippen LogP contribution in [0.2, 0.25) is 5.02 Å². The first kappa shape index (κ1) is 21.4. The Balaban J connectivity index is 1.89. The zero-order valence-electron chi connectivity index (χ0n) is 16.7. The van der Waals surface area contributed by atoms with E-state index < -0.39 is 29.7 Å². The number of hydrogen-bond acceptors (Lipinski definition) is 4. The van der Waals surface area contributed by atoms with Gasteiger partial charge in [0.25, 0.3) is 5.91 Å².